The van der Waals surface area contributed by atoms with E-state index in [1.807, 2.05) is 0 Å². The van der Waals surface area contributed by atoms with Crippen LogP contribution in [-0.2, 0) is 0 Å². The minimum atomic E-state index is 0.300. The Bertz CT molecular complexity index is 513. The summed E-state index contributed by atoms with van der Waals surface area (Å²) in [5.74, 6) is 0.930. The first-order chi connectivity index (χ1) is 10.4. The van der Waals surface area contributed by atoms with Crippen molar-refractivity contribution in [3.63, 3.8) is 0 Å². The van der Waals surface area contributed by atoms with E-state index in [1.165, 1.54) is 36.9 Å². The predicted molar refractivity (Wildman–Crippen MR) is 99.7 cm³/mol. The second-order valence-corrected chi connectivity index (χ2v) is 9.56. The van der Waals surface area contributed by atoms with E-state index in [0.717, 1.165) is 11.2 Å². The van der Waals surface area contributed by atoms with Gasteiger partial charge in [0.15, 0.2) is 0 Å². The Balaban J connectivity index is 1.95. The molecule has 3 atom stereocenters. The maximum absolute atomic E-state index is 2.74. The number of benzene rings is 1. The standard InChI is InChI=1S/C20H31NS/c1-14-10-6-9-13-17(14)21-15(2)18(16-11-7-8-12-16)22-19(21)20(3,4)5/h6,9-10,13,15-16,18-19H,7-8,11-12H2,1-5H3/t15-,18?,19?/m0/s1. The average Bonchev–Trinajstić information content (AvgIpc) is 3.06. The van der Waals surface area contributed by atoms with Crippen LogP contribution in [0.25, 0.3) is 0 Å². The first kappa shape index (κ1) is 16.2. The molecule has 1 nitrogen and oxygen atoms in total. The summed E-state index contributed by atoms with van der Waals surface area (Å²) in [6, 6.07) is 9.58. The van der Waals surface area contributed by atoms with Gasteiger partial charge in [0.05, 0.1) is 5.37 Å². The van der Waals surface area contributed by atoms with Gasteiger partial charge >= 0.3 is 0 Å². The molecule has 1 aromatic carbocycles. The molecule has 3 rings (SSSR count). The largest absolute Gasteiger partial charge is 0.355 e. The number of hydrogen-bond acceptors (Lipinski definition) is 2. The SMILES string of the molecule is Cc1ccccc1N1C(C(C)(C)C)SC(C2CCCC2)[C@@H]1C. The fraction of sp³-hybridized carbons (Fsp3) is 0.700. The zero-order valence-corrected chi connectivity index (χ0v) is 15.6. The highest BCUT2D eigenvalue weighted by Crippen LogP contribution is 2.51. The van der Waals surface area contributed by atoms with E-state index in [1.54, 1.807) is 0 Å². The van der Waals surface area contributed by atoms with Crippen molar-refractivity contribution >= 4 is 17.4 Å². The summed E-state index contributed by atoms with van der Waals surface area (Å²) >= 11 is 2.26. The van der Waals surface area contributed by atoms with E-state index in [-0.39, 0.29) is 0 Å². The van der Waals surface area contributed by atoms with Gasteiger partial charge in [0, 0.05) is 17.0 Å². The third-order valence-electron chi connectivity index (χ3n) is 5.45. The van der Waals surface area contributed by atoms with Gasteiger partial charge in [0.1, 0.15) is 0 Å². The molecule has 2 aliphatic rings. The summed E-state index contributed by atoms with van der Waals surface area (Å²) in [4.78, 5) is 2.74. The lowest BCUT2D eigenvalue weighted by atomic mass is 9.92. The summed E-state index contributed by atoms with van der Waals surface area (Å²) in [5, 5.41) is 1.38. The van der Waals surface area contributed by atoms with Gasteiger partial charge in [-0.1, -0.05) is 51.8 Å². The Kier molecular flexibility index (Phi) is 4.51. The summed E-state index contributed by atoms with van der Waals surface area (Å²) in [6.07, 6.45) is 5.78. The smallest absolute Gasteiger partial charge is 0.0806 e. The van der Waals surface area contributed by atoms with Crippen LogP contribution in [0, 0.1) is 18.3 Å². The maximum Gasteiger partial charge on any atom is 0.0806 e. The topological polar surface area (TPSA) is 3.24 Å². The number of aryl methyl sites for hydroxylation is 1. The van der Waals surface area contributed by atoms with E-state index in [2.05, 4.69) is 75.5 Å². The molecule has 0 amide bonds. The van der Waals surface area contributed by atoms with Gasteiger partial charge in [0.2, 0.25) is 0 Å². The maximum atomic E-state index is 2.74. The second-order valence-electron chi connectivity index (χ2n) is 8.30. The molecule has 0 N–H and O–H groups in total. The van der Waals surface area contributed by atoms with Gasteiger partial charge in [-0.15, -0.1) is 11.8 Å². The van der Waals surface area contributed by atoms with Crippen LogP contribution >= 0.6 is 11.8 Å². The van der Waals surface area contributed by atoms with Crippen molar-refractivity contribution in [2.45, 2.75) is 77.0 Å². The number of rotatable bonds is 2. The lowest BCUT2D eigenvalue weighted by molar-refractivity contribution is 0.371. The van der Waals surface area contributed by atoms with Crippen LogP contribution in [0.15, 0.2) is 24.3 Å². The minimum Gasteiger partial charge on any atom is -0.355 e. The number of anilines is 1. The Morgan fingerprint density at radius 1 is 1.09 bits per heavy atom. The molecule has 0 spiro atoms. The van der Waals surface area contributed by atoms with Gasteiger partial charge in [-0.25, -0.2) is 0 Å². The fourth-order valence-electron chi connectivity index (χ4n) is 4.31. The molecule has 2 heteroatoms. The highest BCUT2D eigenvalue weighted by atomic mass is 32.2. The zero-order valence-electron chi connectivity index (χ0n) is 14.8. The second kappa shape index (κ2) is 6.11. The van der Waals surface area contributed by atoms with Crippen molar-refractivity contribution in [3.8, 4) is 0 Å². The summed E-state index contributed by atoms with van der Waals surface area (Å²) in [5.41, 5.74) is 3.16. The van der Waals surface area contributed by atoms with Crippen molar-refractivity contribution in [1.29, 1.82) is 0 Å². The van der Waals surface area contributed by atoms with Gasteiger partial charge in [-0.2, -0.15) is 0 Å². The summed E-state index contributed by atoms with van der Waals surface area (Å²) in [6.45, 7) is 11.9. The van der Waals surface area contributed by atoms with Crippen molar-refractivity contribution in [1.82, 2.24) is 0 Å². The van der Waals surface area contributed by atoms with Crippen LogP contribution in [0.1, 0.15) is 58.9 Å². The predicted octanol–water partition coefficient (Wildman–Crippen LogP) is 5.87. The molecule has 0 bridgehead atoms. The Morgan fingerprint density at radius 3 is 2.32 bits per heavy atom. The van der Waals surface area contributed by atoms with Gasteiger partial charge in [0.25, 0.3) is 0 Å². The summed E-state index contributed by atoms with van der Waals surface area (Å²) in [7, 11) is 0. The quantitative estimate of drug-likeness (QED) is 0.671. The molecule has 1 saturated heterocycles. The first-order valence-corrected chi connectivity index (χ1v) is 9.83. The third kappa shape index (κ3) is 2.91. The summed E-state index contributed by atoms with van der Waals surface area (Å²) < 4.78 is 0. The Labute approximate surface area is 140 Å². The van der Waals surface area contributed by atoms with Gasteiger partial charge < -0.3 is 4.90 Å². The average molecular weight is 318 g/mol. The molecule has 0 aromatic heterocycles. The highest BCUT2D eigenvalue weighted by molar-refractivity contribution is 8.01. The van der Waals surface area contributed by atoms with E-state index in [0.29, 0.717) is 16.8 Å². The minimum absolute atomic E-state index is 0.300. The van der Waals surface area contributed by atoms with Crippen LogP contribution in [0.3, 0.4) is 0 Å². The van der Waals surface area contributed by atoms with Crippen LogP contribution in [0.2, 0.25) is 0 Å². The molecule has 1 aromatic rings. The molecular formula is C20H31NS. The van der Waals surface area contributed by atoms with E-state index < -0.39 is 0 Å². The van der Waals surface area contributed by atoms with Crippen molar-refractivity contribution < 1.29 is 0 Å². The third-order valence-corrected chi connectivity index (χ3v) is 7.74. The van der Waals surface area contributed by atoms with Gasteiger partial charge in [-0.05, 0) is 49.7 Å². The fourth-order valence-corrected chi connectivity index (χ4v) is 6.31. The molecule has 1 heterocycles. The number of para-hydroxylation sites is 1. The molecule has 0 radical (unpaired) electrons. The Morgan fingerprint density at radius 2 is 1.73 bits per heavy atom. The normalized spacial score (nSPS) is 30.2. The van der Waals surface area contributed by atoms with Crippen LogP contribution in [-0.4, -0.2) is 16.7 Å². The van der Waals surface area contributed by atoms with Gasteiger partial charge in [-0.3, -0.25) is 0 Å². The Hall–Kier alpha value is -0.630. The van der Waals surface area contributed by atoms with E-state index in [4.69, 9.17) is 0 Å². The number of thioether (sulfide) groups is 1. The first-order valence-electron chi connectivity index (χ1n) is 8.89. The molecular weight excluding hydrogens is 286 g/mol. The van der Waals surface area contributed by atoms with Crippen molar-refractivity contribution in [3.05, 3.63) is 29.8 Å². The zero-order chi connectivity index (χ0) is 15.9. The molecule has 122 valence electrons. The highest BCUT2D eigenvalue weighted by Gasteiger charge is 2.47. The monoisotopic (exact) mass is 317 g/mol. The molecule has 22 heavy (non-hydrogen) atoms. The molecule has 2 unspecified atom stereocenters. The number of nitrogens with zero attached hydrogens (tertiary/aromatic N) is 1. The molecule has 1 aliphatic heterocycles. The van der Waals surface area contributed by atoms with E-state index >= 15 is 0 Å². The van der Waals surface area contributed by atoms with Crippen LogP contribution < -0.4 is 4.90 Å². The molecule has 2 fully saturated rings. The van der Waals surface area contributed by atoms with Crippen molar-refractivity contribution in [2.75, 3.05) is 4.90 Å². The lowest BCUT2D eigenvalue weighted by Gasteiger charge is -2.38. The van der Waals surface area contributed by atoms with Crippen LogP contribution in [0.4, 0.5) is 5.69 Å². The van der Waals surface area contributed by atoms with Crippen LogP contribution in [0.5, 0.6) is 0 Å². The number of hydrogen-bond donors (Lipinski definition) is 0. The molecule has 1 saturated carbocycles. The van der Waals surface area contributed by atoms with Crippen molar-refractivity contribution in [2.24, 2.45) is 11.3 Å². The van der Waals surface area contributed by atoms with E-state index in [9.17, 15) is 0 Å². The lowest BCUT2D eigenvalue weighted by Crippen LogP contribution is -2.43. The molecule has 1 aliphatic carbocycles.